The number of hydrogen-bond donors (Lipinski definition) is 0. The van der Waals surface area contributed by atoms with E-state index >= 15 is 0 Å². The van der Waals surface area contributed by atoms with Crippen molar-refractivity contribution in [2.45, 2.75) is 31.4 Å². The van der Waals surface area contributed by atoms with E-state index < -0.39 is 0 Å². The second kappa shape index (κ2) is 7.21. The molecule has 4 aliphatic heterocycles. The van der Waals surface area contributed by atoms with Crippen molar-refractivity contribution in [3.8, 4) is 0 Å². The van der Waals surface area contributed by atoms with Gasteiger partial charge in [0.05, 0.1) is 6.04 Å². The third kappa shape index (κ3) is 3.18. The van der Waals surface area contributed by atoms with E-state index in [0.717, 1.165) is 49.2 Å². The van der Waals surface area contributed by atoms with Gasteiger partial charge in [-0.2, -0.15) is 0 Å². The number of rotatable bonds is 2. The highest BCUT2D eigenvalue weighted by Crippen LogP contribution is 2.37. The van der Waals surface area contributed by atoms with Crippen LogP contribution in [-0.2, 0) is 11.2 Å². The molecule has 2 aromatic rings. The summed E-state index contributed by atoms with van der Waals surface area (Å²) < 4.78 is 19.8. The van der Waals surface area contributed by atoms with E-state index in [4.69, 9.17) is 4.74 Å². The predicted octanol–water partition coefficient (Wildman–Crippen LogP) is 4.00. The molecular weight excluding hydrogens is 355 g/mol. The van der Waals surface area contributed by atoms with Crippen LogP contribution in [0.1, 0.15) is 35.6 Å². The zero-order valence-electron chi connectivity index (χ0n) is 15.9. The fourth-order valence-corrected chi connectivity index (χ4v) is 5.03. The summed E-state index contributed by atoms with van der Waals surface area (Å²) in [5.74, 6) is 0.254. The maximum atomic E-state index is 13.8. The zero-order chi connectivity index (χ0) is 19.1. The Bertz CT molecular complexity index is 864. The Morgan fingerprint density at radius 2 is 1.82 bits per heavy atom. The normalized spacial score (nSPS) is 28.7. The highest BCUT2D eigenvalue weighted by Gasteiger charge is 2.39. The largest absolute Gasteiger partial charge is 0.444 e. The van der Waals surface area contributed by atoms with Gasteiger partial charge in [0.15, 0.2) is 0 Å². The topological polar surface area (TPSA) is 32.8 Å². The van der Waals surface area contributed by atoms with Gasteiger partial charge in [-0.15, -0.1) is 0 Å². The maximum Gasteiger partial charge on any atom is 0.410 e. The average Bonchev–Trinajstić information content (AvgIpc) is 2.74. The van der Waals surface area contributed by atoms with Crippen LogP contribution in [0.15, 0.2) is 48.5 Å². The molecule has 4 nitrogen and oxygen atoms in total. The quantitative estimate of drug-likeness (QED) is 0.789. The number of nitrogens with zero attached hydrogens (tertiary/aromatic N) is 2. The summed E-state index contributed by atoms with van der Waals surface area (Å²) in [5.41, 5.74) is 2.99. The van der Waals surface area contributed by atoms with Gasteiger partial charge in [0.2, 0.25) is 0 Å². The maximum absolute atomic E-state index is 13.8. The summed E-state index contributed by atoms with van der Waals surface area (Å²) in [5, 5.41) is 0. The van der Waals surface area contributed by atoms with Gasteiger partial charge in [0.25, 0.3) is 0 Å². The minimum Gasteiger partial charge on any atom is -0.444 e. The molecule has 0 unspecified atom stereocenters. The Balaban J connectivity index is 1.44. The number of piperidine rings is 3. The van der Waals surface area contributed by atoms with Gasteiger partial charge in [0, 0.05) is 13.1 Å². The van der Waals surface area contributed by atoms with Gasteiger partial charge in [0.1, 0.15) is 11.9 Å². The van der Waals surface area contributed by atoms with Crippen molar-refractivity contribution in [1.29, 1.82) is 0 Å². The molecule has 4 aliphatic rings. The van der Waals surface area contributed by atoms with Crippen LogP contribution in [0.2, 0.25) is 0 Å². The Kier molecular flexibility index (Phi) is 4.55. The monoisotopic (exact) mass is 380 g/mol. The molecule has 0 aromatic heterocycles. The van der Waals surface area contributed by atoms with Crippen molar-refractivity contribution in [3.05, 3.63) is 71.0 Å². The Labute approximate surface area is 164 Å². The Hall–Kier alpha value is -2.40. The Morgan fingerprint density at radius 3 is 2.54 bits per heavy atom. The number of ether oxygens (including phenoxy) is 1. The average molecular weight is 380 g/mol. The first-order valence-electron chi connectivity index (χ1n) is 10.2. The van der Waals surface area contributed by atoms with Crippen LogP contribution in [0, 0.1) is 11.7 Å². The van der Waals surface area contributed by atoms with Gasteiger partial charge in [-0.3, -0.25) is 9.80 Å². The zero-order valence-corrected chi connectivity index (χ0v) is 15.9. The molecule has 0 radical (unpaired) electrons. The fourth-order valence-electron chi connectivity index (χ4n) is 5.03. The van der Waals surface area contributed by atoms with E-state index in [1.54, 1.807) is 6.07 Å². The second-order valence-electron chi connectivity index (χ2n) is 8.16. The van der Waals surface area contributed by atoms with Crippen molar-refractivity contribution in [2.75, 3.05) is 26.2 Å². The molecule has 146 valence electrons. The molecule has 0 saturated carbocycles. The molecule has 6 rings (SSSR count). The molecule has 3 fully saturated rings. The van der Waals surface area contributed by atoms with Gasteiger partial charge in [-0.1, -0.05) is 36.4 Å². The lowest BCUT2D eigenvalue weighted by Crippen LogP contribution is -2.53. The van der Waals surface area contributed by atoms with Gasteiger partial charge >= 0.3 is 6.09 Å². The van der Waals surface area contributed by atoms with Crippen LogP contribution in [0.4, 0.5) is 9.18 Å². The summed E-state index contributed by atoms with van der Waals surface area (Å²) in [6.07, 6.45) is 2.61. The summed E-state index contributed by atoms with van der Waals surface area (Å²) in [6.45, 7) is 3.63. The van der Waals surface area contributed by atoms with Crippen molar-refractivity contribution < 1.29 is 13.9 Å². The van der Waals surface area contributed by atoms with E-state index in [1.807, 2.05) is 41.3 Å². The number of carbonyl (C=O) groups is 1. The minimum atomic E-state index is -0.248. The molecule has 0 spiro atoms. The van der Waals surface area contributed by atoms with E-state index in [2.05, 4.69) is 4.90 Å². The van der Waals surface area contributed by atoms with Crippen molar-refractivity contribution in [1.82, 2.24) is 9.80 Å². The summed E-state index contributed by atoms with van der Waals surface area (Å²) in [7, 11) is 0. The molecule has 2 atom stereocenters. The lowest BCUT2D eigenvalue weighted by molar-refractivity contribution is -0.0462. The number of carbonyl (C=O) groups excluding carboxylic acids is 1. The molecule has 0 aliphatic carbocycles. The SMILES string of the molecule is O=C(O[C@@H]1CN2CCC1CC2)N1CCc2cc(F)ccc2[C@@H]1c1ccccc1. The van der Waals surface area contributed by atoms with Crippen LogP contribution in [0.5, 0.6) is 0 Å². The van der Waals surface area contributed by atoms with Crippen LogP contribution in [0.25, 0.3) is 0 Å². The lowest BCUT2D eigenvalue weighted by atomic mass is 9.86. The van der Waals surface area contributed by atoms with Crippen LogP contribution >= 0.6 is 0 Å². The van der Waals surface area contributed by atoms with Crippen molar-refractivity contribution in [3.63, 3.8) is 0 Å². The highest BCUT2D eigenvalue weighted by molar-refractivity contribution is 5.70. The lowest BCUT2D eigenvalue weighted by Gasteiger charge is -2.45. The number of halogens is 1. The fraction of sp³-hybridized carbons (Fsp3) is 0.435. The number of amides is 1. The standard InChI is InChI=1S/C23H25FN2O2/c24-19-6-7-20-18(14-19)10-13-26(22(20)17-4-2-1-3-5-17)23(27)28-21-15-25-11-8-16(21)9-12-25/h1-7,14,16,21-22H,8-13,15H2/t21-,22+/m1/s1. The molecule has 1 amide bonds. The third-order valence-corrected chi connectivity index (χ3v) is 6.53. The molecular formula is C23H25FN2O2. The molecule has 28 heavy (non-hydrogen) atoms. The molecule has 4 heterocycles. The molecule has 0 N–H and O–H groups in total. The van der Waals surface area contributed by atoms with Crippen molar-refractivity contribution in [2.24, 2.45) is 5.92 Å². The van der Waals surface area contributed by atoms with Crippen LogP contribution in [0.3, 0.4) is 0 Å². The number of hydrogen-bond acceptors (Lipinski definition) is 3. The van der Waals surface area contributed by atoms with Crippen LogP contribution < -0.4 is 0 Å². The first-order chi connectivity index (χ1) is 13.7. The van der Waals surface area contributed by atoms with Gasteiger partial charge in [-0.25, -0.2) is 9.18 Å². The molecule has 3 saturated heterocycles. The van der Waals surface area contributed by atoms with E-state index in [9.17, 15) is 9.18 Å². The number of fused-ring (bicyclic) bond motifs is 4. The van der Waals surface area contributed by atoms with Crippen LogP contribution in [-0.4, -0.2) is 48.2 Å². The molecule has 2 aromatic carbocycles. The summed E-state index contributed by atoms with van der Waals surface area (Å²) >= 11 is 0. The highest BCUT2D eigenvalue weighted by atomic mass is 19.1. The van der Waals surface area contributed by atoms with E-state index in [0.29, 0.717) is 18.9 Å². The first kappa shape index (κ1) is 17.7. The second-order valence-corrected chi connectivity index (χ2v) is 8.16. The first-order valence-corrected chi connectivity index (χ1v) is 10.2. The summed E-state index contributed by atoms with van der Waals surface area (Å²) in [6, 6.07) is 14.6. The minimum absolute atomic E-state index is 0.0129. The Morgan fingerprint density at radius 1 is 1.04 bits per heavy atom. The molecule has 5 heteroatoms. The van der Waals surface area contributed by atoms with E-state index in [1.165, 1.54) is 6.07 Å². The van der Waals surface area contributed by atoms with Gasteiger partial charge in [-0.05, 0) is 67.1 Å². The smallest absolute Gasteiger partial charge is 0.410 e. The number of benzene rings is 2. The van der Waals surface area contributed by atoms with Gasteiger partial charge < -0.3 is 4.74 Å². The van der Waals surface area contributed by atoms with Crippen molar-refractivity contribution >= 4 is 6.09 Å². The summed E-state index contributed by atoms with van der Waals surface area (Å²) in [4.78, 5) is 17.4. The third-order valence-electron chi connectivity index (χ3n) is 6.53. The molecule has 2 bridgehead atoms. The predicted molar refractivity (Wildman–Crippen MR) is 105 cm³/mol. The van der Waals surface area contributed by atoms with E-state index in [-0.39, 0.29) is 24.1 Å².